The highest BCUT2D eigenvalue weighted by Crippen LogP contribution is 2.27. The number of benzene rings is 2. The number of nitrogens with one attached hydrogen (secondary N) is 1. The van der Waals surface area contributed by atoms with Crippen molar-refractivity contribution in [1.29, 1.82) is 0 Å². The third-order valence-corrected chi connectivity index (χ3v) is 5.56. The summed E-state index contributed by atoms with van der Waals surface area (Å²) >= 11 is 3.37. The van der Waals surface area contributed by atoms with Crippen molar-refractivity contribution < 1.29 is 19.1 Å². The molecule has 152 valence electrons. The molecule has 7 heteroatoms. The second kappa shape index (κ2) is 8.78. The summed E-state index contributed by atoms with van der Waals surface area (Å²) in [6.07, 6.45) is 0.0825. The maximum absolute atomic E-state index is 12.4. The van der Waals surface area contributed by atoms with Crippen LogP contribution in [0.3, 0.4) is 0 Å². The van der Waals surface area contributed by atoms with Crippen LogP contribution in [0.1, 0.15) is 23.1 Å². The van der Waals surface area contributed by atoms with E-state index < -0.39 is 17.8 Å². The Morgan fingerprint density at radius 1 is 1.10 bits per heavy atom. The predicted octanol–water partition coefficient (Wildman–Crippen LogP) is 3.91. The minimum atomic E-state index is -0.577. The van der Waals surface area contributed by atoms with Crippen LogP contribution in [0.15, 0.2) is 40.9 Å². The SMILES string of the molecule is Cc1ccc(N2CC(C(=O)OCC(=O)Nc3ccc(Br)cc3C)CC2=O)cc1C. The van der Waals surface area contributed by atoms with Gasteiger partial charge < -0.3 is 15.0 Å². The van der Waals surface area contributed by atoms with Crippen LogP contribution in [-0.4, -0.2) is 30.9 Å². The van der Waals surface area contributed by atoms with Gasteiger partial charge in [-0.15, -0.1) is 0 Å². The van der Waals surface area contributed by atoms with E-state index in [1.54, 1.807) is 11.0 Å². The number of rotatable bonds is 5. The number of esters is 1. The fraction of sp³-hybridized carbons (Fsp3) is 0.318. The number of carbonyl (C=O) groups is 3. The molecule has 1 aliphatic rings. The highest BCUT2D eigenvalue weighted by Gasteiger charge is 2.36. The lowest BCUT2D eigenvalue weighted by molar-refractivity contribution is -0.151. The Labute approximate surface area is 178 Å². The van der Waals surface area contributed by atoms with E-state index in [4.69, 9.17) is 4.74 Å². The van der Waals surface area contributed by atoms with Crippen molar-refractivity contribution in [2.75, 3.05) is 23.4 Å². The van der Waals surface area contributed by atoms with Gasteiger partial charge in [-0.3, -0.25) is 14.4 Å². The summed E-state index contributed by atoms with van der Waals surface area (Å²) < 4.78 is 6.08. The average molecular weight is 459 g/mol. The van der Waals surface area contributed by atoms with Crippen LogP contribution < -0.4 is 10.2 Å². The summed E-state index contributed by atoms with van der Waals surface area (Å²) in [5, 5.41) is 2.72. The van der Waals surface area contributed by atoms with Gasteiger partial charge in [-0.2, -0.15) is 0 Å². The number of ether oxygens (including phenoxy) is 1. The molecule has 2 amide bonds. The Morgan fingerprint density at radius 3 is 2.55 bits per heavy atom. The number of nitrogens with zero attached hydrogens (tertiary/aromatic N) is 1. The fourth-order valence-corrected chi connectivity index (χ4v) is 3.69. The minimum absolute atomic E-state index is 0.0825. The summed E-state index contributed by atoms with van der Waals surface area (Å²) in [6.45, 7) is 5.73. The van der Waals surface area contributed by atoms with Crippen molar-refractivity contribution >= 4 is 45.1 Å². The highest BCUT2D eigenvalue weighted by molar-refractivity contribution is 9.10. The van der Waals surface area contributed by atoms with Crippen LogP contribution in [0.4, 0.5) is 11.4 Å². The molecule has 1 N–H and O–H groups in total. The number of halogens is 1. The van der Waals surface area contributed by atoms with Gasteiger partial charge in [0.15, 0.2) is 6.61 Å². The molecular weight excluding hydrogens is 436 g/mol. The van der Waals surface area contributed by atoms with Gasteiger partial charge in [0.05, 0.1) is 5.92 Å². The Hall–Kier alpha value is -2.67. The van der Waals surface area contributed by atoms with Gasteiger partial charge in [0.25, 0.3) is 5.91 Å². The van der Waals surface area contributed by atoms with E-state index in [1.165, 1.54) is 0 Å². The second-order valence-corrected chi connectivity index (χ2v) is 8.20. The van der Waals surface area contributed by atoms with Crippen LogP contribution in [0.5, 0.6) is 0 Å². The van der Waals surface area contributed by atoms with E-state index in [0.717, 1.165) is 26.9 Å². The van der Waals surface area contributed by atoms with E-state index in [1.807, 2.05) is 51.1 Å². The van der Waals surface area contributed by atoms with Crippen LogP contribution in [0.25, 0.3) is 0 Å². The van der Waals surface area contributed by atoms with E-state index in [0.29, 0.717) is 5.69 Å². The molecular formula is C22H23BrN2O4. The molecule has 1 atom stereocenters. The van der Waals surface area contributed by atoms with Gasteiger partial charge in [-0.1, -0.05) is 22.0 Å². The van der Waals surface area contributed by atoms with Crippen molar-refractivity contribution in [3.05, 3.63) is 57.6 Å². The molecule has 0 bridgehead atoms. The zero-order valence-corrected chi connectivity index (χ0v) is 18.2. The van der Waals surface area contributed by atoms with Gasteiger partial charge in [0.1, 0.15) is 0 Å². The number of carbonyl (C=O) groups excluding carboxylic acids is 3. The van der Waals surface area contributed by atoms with Crippen LogP contribution in [0, 0.1) is 26.7 Å². The van der Waals surface area contributed by atoms with Gasteiger partial charge in [0.2, 0.25) is 5.91 Å². The third-order valence-electron chi connectivity index (χ3n) is 5.07. The maximum Gasteiger partial charge on any atom is 0.311 e. The third kappa shape index (κ3) is 5.03. The van der Waals surface area contributed by atoms with Crippen molar-refractivity contribution in [3.8, 4) is 0 Å². The maximum atomic E-state index is 12.4. The predicted molar refractivity (Wildman–Crippen MR) is 115 cm³/mol. The largest absolute Gasteiger partial charge is 0.455 e. The monoisotopic (exact) mass is 458 g/mol. The molecule has 0 saturated carbocycles. The number of amides is 2. The first-order chi connectivity index (χ1) is 13.7. The summed E-state index contributed by atoms with van der Waals surface area (Å²) in [6, 6.07) is 11.2. The number of aryl methyl sites for hydroxylation is 3. The molecule has 29 heavy (non-hydrogen) atoms. The fourth-order valence-electron chi connectivity index (χ4n) is 3.22. The van der Waals surface area contributed by atoms with Crippen molar-refractivity contribution in [1.82, 2.24) is 0 Å². The van der Waals surface area contributed by atoms with E-state index >= 15 is 0 Å². The van der Waals surface area contributed by atoms with Crippen LogP contribution in [-0.2, 0) is 19.1 Å². The molecule has 0 aliphatic carbocycles. The Morgan fingerprint density at radius 2 is 1.86 bits per heavy atom. The molecule has 3 rings (SSSR count). The normalized spacial score (nSPS) is 16.1. The molecule has 1 fully saturated rings. The first-order valence-corrected chi connectivity index (χ1v) is 10.1. The zero-order valence-electron chi connectivity index (χ0n) is 16.6. The quantitative estimate of drug-likeness (QED) is 0.689. The van der Waals surface area contributed by atoms with Gasteiger partial charge in [0, 0.05) is 28.8 Å². The molecule has 1 saturated heterocycles. The van der Waals surface area contributed by atoms with Crippen molar-refractivity contribution in [2.45, 2.75) is 27.2 Å². The lowest BCUT2D eigenvalue weighted by atomic mass is 10.1. The zero-order chi connectivity index (χ0) is 21.1. The van der Waals surface area contributed by atoms with Crippen molar-refractivity contribution in [3.63, 3.8) is 0 Å². The molecule has 1 aliphatic heterocycles. The van der Waals surface area contributed by atoms with Crippen LogP contribution >= 0.6 is 15.9 Å². The lowest BCUT2D eigenvalue weighted by Gasteiger charge is -2.18. The number of anilines is 2. The Bertz CT molecular complexity index is 973. The molecule has 6 nitrogen and oxygen atoms in total. The molecule has 0 aromatic heterocycles. The topological polar surface area (TPSA) is 75.7 Å². The summed E-state index contributed by atoms with van der Waals surface area (Å²) in [5.41, 5.74) is 4.55. The molecule has 1 heterocycles. The molecule has 0 spiro atoms. The molecule has 0 radical (unpaired) electrons. The summed E-state index contributed by atoms with van der Waals surface area (Å²) in [5.74, 6) is -1.65. The number of hydrogen-bond donors (Lipinski definition) is 1. The smallest absolute Gasteiger partial charge is 0.311 e. The van der Waals surface area contributed by atoms with Gasteiger partial charge in [-0.25, -0.2) is 0 Å². The minimum Gasteiger partial charge on any atom is -0.455 e. The van der Waals surface area contributed by atoms with Gasteiger partial charge >= 0.3 is 5.97 Å². The first-order valence-electron chi connectivity index (χ1n) is 9.35. The van der Waals surface area contributed by atoms with E-state index in [9.17, 15) is 14.4 Å². The number of hydrogen-bond acceptors (Lipinski definition) is 4. The Kier molecular flexibility index (Phi) is 6.37. The standard InChI is InChI=1S/C22H23BrN2O4/c1-13-4-6-18(9-14(13)2)25-11-16(10-21(25)27)22(28)29-12-20(26)24-19-7-5-17(23)8-15(19)3/h4-9,16H,10-12H2,1-3H3,(H,24,26). The summed E-state index contributed by atoms with van der Waals surface area (Å²) in [7, 11) is 0. The van der Waals surface area contributed by atoms with E-state index in [2.05, 4.69) is 21.2 Å². The van der Waals surface area contributed by atoms with Gasteiger partial charge in [-0.05, 0) is 67.8 Å². The molecule has 2 aromatic rings. The average Bonchev–Trinajstić information content (AvgIpc) is 3.06. The molecule has 1 unspecified atom stereocenters. The summed E-state index contributed by atoms with van der Waals surface area (Å²) in [4.78, 5) is 38.4. The second-order valence-electron chi connectivity index (χ2n) is 7.29. The van der Waals surface area contributed by atoms with Crippen LogP contribution in [0.2, 0.25) is 0 Å². The van der Waals surface area contributed by atoms with E-state index in [-0.39, 0.29) is 25.5 Å². The first kappa shape index (κ1) is 21.0. The Balaban J connectivity index is 1.55. The lowest BCUT2D eigenvalue weighted by Crippen LogP contribution is -2.28. The molecule has 2 aromatic carbocycles. The van der Waals surface area contributed by atoms with Crippen molar-refractivity contribution in [2.24, 2.45) is 5.92 Å². The highest BCUT2D eigenvalue weighted by atomic mass is 79.9.